The maximum Gasteiger partial charge on any atom is 0.224 e. The zero-order valence-corrected chi connectivity index (χ0v) is 7.90. The normalized spacial score (nSPS) is 11.2. The van der Waals surface area contributed by atoms with Crippen LogP contribution in [0.15, 0.2) is 0 Å². The summed E-state index contributed by atoms with van der Waals surface area (Å²) in [7, 11) is 1.83. The molecule has 0 aromatic rings. The van der Waals surface area contributed by atoms with Crippen molar-refractivity contribution < 1.29 is 4.79 Å². The molecule has 0 aromatic carbocycles. The average Bonchev–Trinajstić information content (AvgIpc) is 2.05. The molecule has 0 fully saturated rings. The summed E-state index contributed by atoms with van der Waals surface area (Å²) >= 11 is 0. The van der Waals surface area contributed by atoms with Crippen LogP contribution in [-0.4, -0.2) is 26.0 Å². The summed E-state index contributed by atoms with van der Waals surface area (Å²) in [6.07, 6.45) is 0. The van der Waals surface area contributed by atoms with Crippen LogP contribution < -0.4 is 10.6 Å². The Labute approximate surface area is 73.9 Å². The molecule has 0 spiro atoms. The first-order valence-corrected chi connectivity index (χ1v) is 4.04. The van der Waals surface area contributed by atoms with Gasteiger partial charge in [0.2, 0.25) is 5.91 Å². The minimum Gasteiger partial charge on any atom is -0.345 e. The number of carbonyl (C=O) groups excluding carboxylic acids is 1. The second-order valence-corrected chi connectivity index (χ2v) is 2.60. The fraction of sp³-hybridized carbons (Fsp3) is 0.667. The highest BCUT2D eigenvalue weighted by Crippen LogP contribution is 1.90. The van der Waals surface area contributed by atoms with E-state index in [1.807, 2.05) is 14.0 Å². The van der Waals surface area contributed by atoms with E-state index in [1.54, 1.807) is 6.92 Å². The van der Waals surface area contributed by atoms with E-state index in [4.69, 9.17) is 0 Å². The van der Waals surface area contributed by atoms with Gasteiger partial charge in [0.05, 0.1) is 6.54 Å². The van der Waals surface area contributed by atoms with Crippen molar-refractivity contribution in [3.8, 4) is 11.8 Å². The number of carbonyl (C=O) groups is 1. The average molecular weight is 168 g/mol. The first-order valence-electron chi connectivity index (χ1n) is 4.04. The summed E-state index contributed by atoms with van der Waals surface area (Å²) in [6.45, 7) is 4.78. The summed E-state index contributed by atoms with van der Waals surface area (Å²) in [4.78, 5) is 11.2. The molecular formula is C9H16N2O. The van der Waals surface area contributed by atoms with E-state index in [1.165, 1.54) is 0 Å². The highest BCUT2D eigenvalue weighted by atomic mass is 16.1. The minimum atomic E-state index is 0.00801. The molecule has 3 heteroatoms. The molecule has 0 aliphatic heterocycles. The molecule has 0 aliphatic rings. The molecule has 1 amide bonds. The van der Waals surface area contributed by atoms with Crippen LogP contribution in [0.25, 0.3) is 0 Å². The van der Waals surface area contributed by atoms with Crippen LogP contribution in [0.1, 0.15) is 13.8 Å². The Morgan fingerprint density at radius 1 is 1.58 bits per heavy atom. The molecule has 1 atom stereocenters. The summed E-state index contributed by atoms with van der Waals surface area (Å²) in [5, 5.41) is 5.66. The van der Waals surface area contributed by atoms with Crippen molar-refractivity contribution in [3.63, 3.8) is 0 Å². The van der Waals surface area contributed by atoms with Gasteiger partial charge >= 0.3 is 0 Å². The third-order valence-corrected chi connectivity index (χ3v) is 1.49. The van der Waals surface area contributed by atoms with Gasteiger partial charge in [0.15, 0.2) is 0 Å². The number of hydrogen-bond acceptors (Lipinski definition) is 2. The third kappa shape index (κ3) is 4.75. The topological polar surface area (TPSA) is 41.1 Å². The van der Waals surface area contributed by atoms with E-state index in [2.05, 4.69) is 22.5 Å². The molecule has 2 N–H and O–H groups in total. The van der Waals surface area contributed by atoms with E-state index >= 15 is 0 Å². The van der Waals surface area contributed by atoms with Crippen LogP contribution in [0.3, 0.4) is 0 Å². The molecule has 0 saturated heterocycles. The predicted octanol–water partition coefficient (Wildman–Crippen LogP) is -0.0186. The SMILES string of the molecule is CC#CCNC(=O)C(C)CNC. The van der Waals surface area contributed by atoms with Crippen molar-refractivity contribution in [1.29, 1.82) is 0 Å². The molecule has 0 aromatic heterocycles. The van der Waals surface area contributed by atoms with E-state index in [9.17, 15) is 4.79 Å². The molecule has 1 unspecified atom stereocenters. The van der Waals surface area contributed by atoms with Gasteiger partial charge < -0.3 is 10.6 Å². The fourth-order valence-electron chi connectivity index (χ4n) is 0.793. The molecule has 68 valence electrons. The second-order valence-electron chi connectivity index (χ2n) is 2.60. The quantitative estimate of drug-likeness (QED) is 0.579. The van der Waals surface area contributed by atoms with Gasteiger partial charge in [-0.05, 0) is 14.0 Å². The van der Waals surface area contributed by atoms with Gasteiger partial charge in [-0.25, -0.2) is 0 Å². The molecule has 0 aliphatic carbocycles. The Kier molecular flexibility index (Phi) is 6.12. The van der Waals surface area contributed by atoms with Crippen LogP contribution >= 0.6 is 0 Å². The van der Waals surface area contributed by atoms with Crippen molar-refractivity contribution >= 4 is 5.91 Å². The second kappa shape index (κ2) is 6.68. The predicted molar refractivity (Wildman–Crippen MR) is 49.6 cm³/mol. The molecule has 0 saturated carbocycles. The molecule has 0 heterocycles. The summed E-state index contributed by atoms with van der Waals surface area (Å²) in [5.74, 6) is 5.54. The lowest BCUT2D eigenvalue weighted by Gasteiger charge is -2.08. The fourth-order valence-corrected chi connectivity index (χ4v) is 0.793. The summed E-state index contributed by atoms with van der Waals surface area (Å²) < 4.78 is 0. The summed E-state index contributed by atoms with van der Waals surface area (Å²) in [5.41, 5.74) is 0. The van der Waals surface area contributed by atoms with Crippen LogP contribution in [0.2, 0.25) is 0 Å². The van der Waals surface area contributed by atoms with Crippen LogP contribution in [0, 0.1) is 17.8 Å². The van der Waals surface area contributed by atoms with Crippen LogP contribution in [-0.2, 0) is 4.79 Å². The Morgan fingerprint density at radius 2 is 2.25 bits per heavy atom. The van der Waals surface area contributed by atoms with E-state index in [-0.39, 0.29) is 11.8 Å². The minimum absolute atomic E-state index is 0.00801. The molecule has 12 heavy (non-hydrogen) atoms. The number of amides is 1. The number of nitrogens with one attached hydrogen (secondary N) is 2. The van der Waals surface area contributed by atoms with Crippen molar-refractivity contribution in [1.82, 2.24) is 10.6 Å². The largest absolute Gasteiger partial charge is 0.345 e. The standard InChI is InChI=1S/C9H16N2O/c1-4-5-6-11-9(12)8(2)7-10-3/h8,10H,6-7H2,1-3H3,(H,11,12). The van der Waals surface area contributed by atoms with Crippen molar-refractivity contribution in [2.75, 3.05) is 20.1 Å². The Morgan fingerprint density at radius 3 is 2.75 bits per heavy atom. The molecule has 0 bridgehead atoms. The zero-order chi connectivity index (χ0) is 9.40. The van der Waals surface area contributed by atoms with E-state index in [0.29, 0.717) is 13.1 Å². The molecular weight excluding hydrogens is 152 g/mol. The van der Waals surface area contributed by atoms with Crippen molar-refractivity contribution in [3.05, 3.63) is 0 Å². The lowest BCUT2D eigenvalue weighted by atomic mass is 10.1. The lowest BCUT2D eigenvalue weighted by Crippen LogP contribution is -2.34. The third-order valence-electron chi connectivity index (χ3n) is 1.49. The van der Waals surface area contributed by atoms with Gasteiger partial charge in [0.1, 0.15) is 0 Å². The Hall–Kier alpha value is -1.01. The maximum atomic E-state index is 11.2. The summed E-state index contributed by atoms with van der Waals surface area (Å²) in [6, 6.07) is 0. The zero-order valence-electron chi connectivity index (χ0n) is 7.90. The van der Waals surface area contributed by atoms with Crippen LogP contribution in [0.5, 0.6) is 0 Å². The van der Waals surface area contributed by atoms with Gasteiger partial charge in [0.25, 0.3) is 0 Å². The maximum absolute atomic E-state index is 11.2. The van der Waals surface area contributed by atoms with Crippen molar-refractivity contribution in [2.24, 2.45) is 5.92 Å². The monoisotopic (exact) mass is 168 g/mol. The molecule has 3 nitrogen and oxygen atoms in total. The van der Waals surface area contributed by atoms with Gasteiger partial charge in [0, 0.05) is 12.5 Å². The Balaban J connectivity index is 3.61. The smallest absolute Gasteiger partial charge is 0.224 e. The van der Waals surface area contributed by atoms with E-state index in [0.717, 1.165) is 0 Å². The molecule has 0 rings (SSSR count). The first kappa shape index (κ1) is 11.0. The molecule has 0 radical (unpaired) electrons. The Bertz CT molecular complexity index is 190. The van der Waals surface area contributed by atoms with Crippen LogP contribution in [0.4, 0.5) is 0 Å². The van der Waals surface area contributed by atoms with E-state index < -0.39 is 0 Å². The van der Waals surface area contributed by atoms with Crippen molar-refractivity contribution in [2.45, 2.75) is 13.8 Å². The lowest BCUT2D eigenvalue weighted by molar-refractivity contribution is -0.124. The highest BCUT2D eigenvalue weighted by molar-refractivity contribution is 5.78. The van der Waals surface area contributed by atoms with Gasteiger partial charge in [-0.2, -0.15) is 0 Å². The van der Waals surface area contributed by atoms with Gasteiger partial charge in [-0.3, -0.25) is 4.79 Å². The first-order chi connectivity index (χ1) is 5.72. The van der Waals surface area contributed by atoms with Gasteiger partial charge in [-0.15, -0.1) is 5.92 Å². The highest BCUT2D eigenvalue weighted by Gasteiger charge is 2.09. The van der Waals surface area contributed by atoms with Gasteiger partial charge in [-0.1, -0.05) is 12.8 Å². The number of rotatable bonds is 4. The number of hydrogen-bond donors (Lipinski definition) is 2.